The Labute approximate surface area is 139 Å². The zero-order valence-corrected chi connectivity index (χ0v) is 14.7. The monoisotopic (exact) mass is 368 g/mol. The van der Waals surface area contributed by atoms with Gasteiger partial charge < -0.3 is 10.1 Å². The van der Waals surface area contributed by atoms with E-state index in [0.29, 0.717) is 5.41 Å². The second-order valence-electron chi connectivity index (χ2n) is 5.98. The number of hydrogen-bond donors (Lipinski definition) is 1. The van der Waals surface area contributed by atoms with E-state index in [1.807, 2.05) is 23.9 Å². The summed E-state index contributed by atoms with van der Waals surface area (Å²) in [5, 5.41) is 4.46. The molecule has 1 aliphatic carbocycles. The van der Waals surface area contributed by atoms with Crippen LogP contribution in [-0.2, 0) is 0 Å². The number of anilines is 1. The fourth-order valence-electron chi connectivity index (χ4n) is 3.11. The topological polar surface area (TPSA) is 33.6 Å². The molecule has 2 aliphatic rings. The van der Waals surface area contributed by atoms with Crippen molar-refractivity contribution in [1.82, 2.24) is 0 Å². The normalized spacial score (nSPS) is 21.0. The number of methoxy groups -OCH3 is 1. The third-order valence-corrected chi connectivity index (χ3v) is 6.06. The molecule has 0 aromatic heterocycles. The molecule has 1 aromatic carbocycles. The van der Waals surface area contributed by atoms with E-state index >= 15 is 0 Å². The lowest BCUT2D eigenvalue weighted by Crippen LogP contribution is -2.35. The number of thioether (sulfide) groups is 1. The number of ether oxygens (including phenoxy) is 1. The van der Waals surface area contributed by atoms with Crippen LogP contribution in [0.25, 0.3) is 0 Å². The standard InChI is InChI=1S/C16H21BrN2OS/c1-20-14-8-12(17)7-13(9-14)19-15-18-10-16(11-21-15)5-3-2-4-6-16/h7-9H,2-6,10-11H2,1H3,(H,18,19). The van der Waals surface area contributed by atoms with Gasteiger partial charge >= 0.3 is 0 Å². The average molecular weight is 369 g/mol. The van der Waals surface area contributed by atoms with Gasteiger partial charge in [-0.3, -0.25) is 4.99 Å². The van der Waals surface area contributed by atoms with Crippen LogP contribution >= 0.6 is 27.7 Å². The van der Waals surface area contributed by atoms with E-state index in [-0.39, 0.29) is 0 Å². The second-order valence-corrected chi connectivity index (χ2v) is 7.86. The second kappa shape index (κ2) is 6.61. The van der Waals surface area contributed by atoms with Crippen molar-refractivity contribution in [1.29, 1.82) is 0 Å². The lowest BCUT2D eigenvalue weighted by atomic mass is 9.75. The molecule has 1 aliphatic heterocycles. The zero-order valence-electron chi connectivity index (χ0n) is 12.3. The number of amidine groups is 1. The minimum absolute atomic E-state index is 0.475. The lowest BCUT2D eigenvalue weighted by molar-refractivity contribution is 0.232. The number of nitrogens with one attached hydrogen (secondary N) is 1. The van der Waals surface area contributed by atoms with Crippen LogP contribution in [0.2, 0.25) is 0 Å². The van der Waals surface area contributed by atoms with Crippen LogP contribution in [-0.4, -0.2) is 24.6 Å². The van der Waals surface area contributed by atoms with Crippen LogP contribution in [0.1, 0.15) is 32.1 Å². The van der Waals surface area contributed by atoms with Crippen molar-refractivity contribution in [3.63, 3.8) is 0 Å². The molecule has 114 valence electrons. The van der Waals surface area contributed by atoms with Gasteiger partial charge in [0, 0.05) is 28.5 Å². The quantitative estimate of drug-likeness (QED) is 0.803. The minimum atomic E-state index is 0.475. The molecule has 21 heavy (non-hydrogen) atoms. The average Bonchev–Trinajstić information content (AvgIpc) is 2.50. The van der Waals surface area contributed by atoms with Gasteiger partial charge in [-0.25, -0.2) is 0 Å². The third-order valence-electron chi connectivity index (χ3n) is 4.35. The summed E-state index contributed by atoms with van der Waals surface area (Å²) in [6.45, 7) is 0.980. The van der Waals surface area contributed by atoms with Gasteiger partial charge in [-0.2, -0.15) is 0 Å². The first-order valence-electron chi connectivity index (χ1n) is 7.48. The van der Waals surface area contributed by atoms with E-state index in [1.165, 1.54) is 37.9 Å². The van der Waals surface area contributed by atoms with Crippen molar-refractivity contribution >= 4 is 38.5 Å². The summed E-state index contributed by atoms with van der Waals surface area (Å²) < 4.78 is 6.31. The van der Waals surface area contributed by atoms with Gasteiger partial charge in [0.1, 0.15) is 5.75 Å². The van der Waals surface area contributed by atoms with Gasteiger partial charge in [0.2, 0.25) is 0 Å². The third kappa shape index (κ3) is 3.75. The Balaban J connectivity index is 1.67. The summed E-state index contributed by atoms with van der Waals surface area (Å²) in [7, 11) is 1.69. The molecule has 0 bridgehead atoms. The van der Waals surface area contributed by atoms with Crippen LogP contribution < -0.4 is 10.1 Å². The summed E-state index contributed by atoms with van der Waals surface area (Å²) in [6, 6.07) is 6.01. The Morgan fingerprint density at radius 2 is 2.05 bits per heavy atom. The number of rotatable bonds is 2. The summed E-state index contributed by atoms with van der Waals surface area (Å²) in [5.74, 6) is 2.04. The van der Waals surface area contributed by atoms with Crippen LogP contribution in [0.15, 0.2) is 27.7 Å². The highest BCUT2D eigenvalue weighted by atomic mass is 79.9. The molecule has 0 amide bonds. The molecule has 1 heterocycles. The van der Waals surface area contributed by atoms with Crippen molar-refractivity contribution in [2.45, 2.75) is 32.1 Å². The van der Waals surface area contributed by atoms with Crippen molar-refractivity contribution < 1.29 is 4.74 Å². The van der Waals surface area contributed by atoms with Gasteiger partial charge in [-0.15, -0.1) is 0 Å². The Bertz CT molecular complexity index is 541. The number of aliphatic imine (C=N–C) groups is 1. The van der Waals surface area contributed by atoms with E-state index in [4.69, 9.17) is 9.73 Å². The first-order chi connectivity index (χ1) is 10.2. The molecular weight excluding hydrogens is 348 g/mol. The van der Waals surface area contributed by atoms with Gasteiger partial charge in [-0.1, -0.05) is 47.0 Å². The van der Waals surface area contributed by atoms with Crippen LogP contribution in [0.5, 0.6) is 5.75 Å². The molecule has 3 nitrogen and oxygen atoms in total. The fraction of sp³-hybridized carbons (Fsp3) is 0.562. The van der Waals surface area contributed by atoms with Crippen molar-refractivity contribution in [3.8, 4) is 5.75 Å². The molecule has 1 saturated carbocycles. The van der Waals surface area contributed by atoms with Crippen LogP contribution in [0.4, 0.5) is 5.69 Å². The number of hydrogen-bond acceptors (Lipinski definition) is 4. The first kappa shape index (κ1) is 15.2. The highest BCUT2D eigenvalue weighted by Crippen LogP contribution is 2.42. The van der Waals surface area contributed by atoms with Gasteiger partial charge in [-0.05, 0) is 30.4 Å². The Morgan fingerprint density at radius 1 is 1.24 bits per heavy atom. The number of benzene rings is 1. The smallest absolute Gasteiger partial charge is 0.161 e. The molecule has 0 unspecified atom stereocenters. The van der Waals surface area contributed by atoms with E-state index in [0.717, 1.165) is 27.6 Å². The van der Waals surface area contributed by atoms with Crippen molar-refractivity contribution in [2.75, 3.05) is 24.7 Å². The predicted octanol–water partition coefficient (Wildman–Crippen LogP) is 4.92. The van der Waals surface area contributed by atoms with Crippen molar-refractivity contribution in [2.24, 2.45) is 10.4 Å². The van der Waals surface area contributed by atoms with E-state index < -0.39 is 0 Å². The van der Waals surface area contributed by atoms with Crippen molar-refractivity contribution in [3.05, 3.63) is 22.7 Å². The van der Waals surface area contributed by atoms with Gasteiger partial charge in [0.25, 0.3) is 0 Å². The molecule has 1 fully saturated rings. The van der Waals surface area contributed by atoms with E-state index in [2.05, 4.69) is 27.3 Å². The van der Waals surface area contributed by atoms with Gasteiger partial charge in [0.05, 0.1) is 7.11 Å². The Kier molecular flexibility index (Phi) is 4.79. The largest absolute Gasteiger partial charge is 0.497 e. The highest BCUT2D eigenvalue weighted by Gasteiger charge is 2.34. The van der Waals surface area contributed by atoms with E-state index in [9.17, 15) is 0 Å². The minimum Gasteiger partial charge on any atom is -0.497 e. The zero-order chi connectivity index (χ0) is 14.7. The maximum atomic E-state index is 5.30. The van der Waals surface area contributed by atoms with Crippen LogP contribution in [0, 0.1) is 5.41 Å². The molecule has 0 radical (unpaired) electrons. The van der Waals surface area contributed by atoms with Gasteiger partial charge in [0.15, 0.2) is 5.17 Å². The first-order valence-corrected chi connectivity index (χ1v) is 9.26. The summed E-state index contributed by atoms with van der Waals surface area (Å²) >= 11 is 5.37. The summed E-state index contributed by atoms with van der Waals surface area (Å²) in [5.41, 5.74) is 1.50. The highest BCUT2D eigenvalue weighted by molar-refractivity contribution is 9.10. The molecule has 1 spiro atoms. The van der Waals surface area contributed by atoms with Crippen LogP contribution in [0.3, 0.4) is 0 Å². The molecule has 0 saturated heterocycles. The molecule has 3 rings (SSSR count). The molecule has 0 atom stereocenters. The summed E-state index contributed by atoms with van der Waals surface area (Å²) in [6.07, 6.45) is 6.85. The maximum Gasteiger partial charge on any atom is 0.161 e. The molecule has 5 heteroatoms. The molecule has 1 aromatic rings. The van der Waals surface area contributed by atoms with E-state index in [1.54, 1.807) is 7.11 Å². The fourth-order valence-corrected chi connectivity index (χ4v) is 4.75. The number of halogens is 1. The summed E-state index contributed by atoms with van der Waals surface area (Å²) in [4.78, 5) is 4.80. The maximum absolute atomic E-state index is 5.30. The molecule has 1 N–H and O–H groups in total. The molecular formula is C16H21BrN2OS. The predicted molar refractivity (Wildman–Crippen MR) is 94.6 cm³/mol. The number of nitrogens with zero attached hydrogens (tertiary/aromatic N) is 1. The Hall–Kier alpha value is -0.680. The Morgan fingerprint density at radius 3 is 2.71 bits per heavy atom. The lowest BCUT2D eigenvalue weighted by Gasteiger charge is -2.38. The SMILES string of the molecule is COc1cc(Br)cc(NC2=NCC3(CCCCC3)CS2)c1.